The van der Waals surface area contributed by atoms with Gasteiger partial charge in [0.2, 0.25) is 6.79 Å². The van der Waals surface area contributed by atoms with Crippen molar-refractivity contribution in [1.29, 1.82) is 0 Å². The Morgan fingerprint density at radius 3 is 2.76 bits per heavy atom. The molecular weight excluding hydrogens is 555 g/mol. The van der Waals surface area contributed by atoms with Crippen LogP contribution in [0, 0.1) is 3.57 Å². The molecule has 3 heterocycles. The number of esters is 1. The molecule has 168 valence electrons. The van der Waals surface area contributed by atoms with Crippen LogP contribution in [0.15, 0.2) is 63.5 Å². The Hall–Kier alpha value is -2.92. The van der Waals surface area contributed by atoms with Crippen molar-refractivity contribution in [1.82, 2.24) is 4.57 Å². The van der Waals surface area contributed by atoms with E-state index < -0.39 is 12.0 Å². The number of hydrogen-bond donors (Lipinski definition) is 0. The first-order chi connectivity index (χ1) is 16.0. The Morgan fingerprint density at radius 1 is 1.24 bits per heavy atom. The van der Waals surface area contributed by atoms with E-state index in [-0.39, 0.29) is 19.0 Å². The number of carbonyl (C=O) groups is 1. The van der Waals surface area contributed by atoms with E-state index in [1.165, 1.54) is 11.3 Å². The van der Waals surface area contributed by atoms with Crippen molar-refractivity contribution >= 4 is 46.0 Å². The topological polar surface area (TPSA) is 79.1 Å². The molecule has 0 unspecified atom stereocenters. The number of benzene rings is 2. The maximum absolute atomic E-state index is 13.6. The first kappa shape index (κ1) is 21.9. The molecule has 3 aromatic rings. The lowest BCUT2D eigenvalue weighted by Gasteiger charge is -2.24. The molecule has 2 aromatic carbocycles. The second-order valence-corrected chi connectivity index (χ2v) is 9.72. The number of allylic oxidation sites excluding steroid dienone is 1. The molecule has 9 heteroatoms. The van der Waals surface area contributed by atoms with Crippen molar-refractivity contribution in [2.24, 2.45) is 4.99 Å². The lowest BCUT2D eigenvalue weighted by Crippen LogP contribution is -2.39. The van der Waals surface area contributed by atoms with E-state index >= 15 is 0 Å². The van der Waals surface area contributed by atoms with Crippen LogP contribution >= 0.6 is 33.9 Å². The van der Waals surface area contributed by atoms with Crippen LogP contribution in [0.5, 0.6) is 11.5 Å². The zero-order valence-electron chi connectivity index (χ0n) is 17.8. The number of rotatable bonds is 4. The fraction of sp³-hybridized carbons (Fsp3) is 0.208. The van der Waals surface area contributed by atoms with E-state index in [0.29, 0.717) is 32.1 Å². The SMILES string of the molecule is CCOC(=O)C1=C(C)N=c2sc(=Cc3ccc(I)cc3)c(=O)n2[C@H]1c1ccc2c(c1)OCO2. The van der Waals surface area contributed by atoms with Gasteiger partial charge in [0.1, 0.15) is 0 Å². The van der Waals surface area contributed by atoms with Gasteiger partial charge in [-0.1, -0.05) is 29.5 Å². The average Bonchev–Trinajstić information content (AvgIpc) is 3.38. The molecule has 0 radical (unpaired) electrons. The van der Waals surface area contributed by atoms with Crippen molar-refractivity contribution in [3.05, 3.63) is 88.1 Å². The summed E-state index contributed by atoms with van der Waals surface area (Å²) in [7, 11) is 0. The van der Waals surface area contributed by atoms with Crippen LogP contribution in [-0.2, 0) is 9.53 Å². The minimum Gasteiger partial charge on any atom is -0.463 e. The molecule has 0 spiro atoms. The molecule has 0 saturated carbocycles. The minimum atomic E-state index is -0.686. The molecule has 7 nitrogen and oxygen atoms in total. The molecule has 0 bridgehead atoms. The lowest BCUT2D eigenvalue weighted by molar-refractivity contribution is -0.139. The fourth-order valence-electron chi connectivity index (χ4n) is 3.90. The Kier molecular flexibility index (Phi) is 5.83. The van der Waals surface area contributed by atoms with Crippen LogP contribution in [-0.4, -0.2) is 23.9 Å². The number of fused-ring (bicyclic) bond motifs is 2. The molecule has 5 rings (SSSR count). The van der Waals surface area contributed by atoms with E-state index in [4.69, 9.17) is 14.2 Å². The molecule has 0 amide bonds. The van der Waals surface area contributed by atoms with E-state index in [0.717, 1.165) is 14.7 Å². The Morgan fingerprint density at radius 2 is 2.00 bits per heavy atom. The highest BCUT2D eigenvalue weighted by Gasteiger charge is 2.34. The van der Waals surface area contributed by atoms with Crippen molar-refractivity contribution < 1.29 is 19.0 Å². The smallest absolute Gasteiger partial charge is 0.338 e. The van der Waals surface area contributed by atoms with Gasteiger partial charge in [-0.25, -0.2) is 9.79 Å². The van der Waals surface area contributed by atoms with Crippen LogP contribution in [0.1, 0.15) is 31.0 Å². The predicted octanol–water partition coefficient (Wildman–Crippen LogP) is 3.13. The molecule has 0 fully saturated rings. The lowest BCUT2D eigenvalue weighted by atomic mass is 9.95. The predicted molar refractivity (Wildman–Crippen MR) is 132 cm³/mol. The highest BCUT2D eigenvalue weighted by Crippen LogP contribution is 2.38. The van der Waals surface area contributed by atoms with Gasteiger partial charge >= 0.3 is 5.97 Å². The standard InChI is InChI=1S/C24H19IN2O5S/c1-3-30-23(29)20-13(2)26-24-27(21(20)15-6-9-17-18(11-15)32-12-31-17)22(28)19(33-24)10-14-4-7-16(25)8-5-14/h4-11,21H,3,12H2,1-2H3/t21-/m0/s1. The number of carbonyl (C=O) groups excluding carboxylic acids is 1. The number of aromatic nitrogens is 1. The van der Waals surface area contributed by atoms with Crippen molar-refractivity contribution in [2.45, 2.75) is 19.9 Å². The highest BCUT2D eigenvalue weighted by molar-refractivity contribution is 14.1. The summed E-state index contributed by atoms with van der Waals surface area (Å²) < 4.78 is 19.5. The second kappa shape index (κ2) is 8.79. The largest absolute Gasteiger partial charge is 0.463 e. The Labute approximate surface area is 206 Å². The van der Waals surface area contributed by atoms with Crippen LogP contribution in [0.3, 0.4) is 0 Å². The third-order valence-corrected chi connectivity index (χ3v) is 7.10. The summed E-state index contributed by atoms with van der Waals surface area (Å²) in [5, 5.41) is 0. The summed E-state index contributed by atoms with van der Waals surface area (Å²) in [6.07, 6.45) is 1.85. The molecule has 1 atom stereocenters. The van der Waals surface area contributed by atoms with Gasteiger partial charge in [0.25, 0.3) is 5.56 Å². The molecular formula is C24H19IN2O5S. The van der Waals surface area contributed by atoms with Gasteiger partial charge in [0, 0.05) is 3.57 Å². The summed E-state index contributed by atoms with van der Waals surface area (Å²) in [4.78, 5) is 31.7. The molecule has 0 aliphatic carbocycles. The van der Waals surface area contributed by atoms with Gasteiger partial charge < -0.3 is 14.2 Å². The van der Waals surface area contributed by atoms with E-state index in [1.807, 2.05) is 36.4 Å². The van der Waals surface area contributed by atoms with Gasteiger partial charge in [0.05, 0.1) is 28.5 Å². The highest BCUT2D eigenvalue weighted by atomic mass is 127. The normalized spacial score (nSPS) is 17.1. The number of halogens is 1. The maximum Gasteiger partial charge on any atom is 0.338 e. The van der Waals surface area contributed by atoms with Crippen molar-refractivity contribution in [3.63, 3.8) is 0 Å². The molecule has 2 aliphatic rings. The van der Waals surface area contributed by atoms with Gasteiger partial charge in [-0.15, -0.1) is 0 Å². The second-order valence-electron chi connectivity index (χ2n) is 7.47. The molecule has 33 heavy (non-hydrogen) atoms. The monoisotopic (exact) mass is 574 g/mol. The number of thiazole rings is 1. The minimum absolute atomic E-state index is 0.136. The third-order valence-electron chi connectivity index (χ3n) is 5.40. The summed E-state index contributed by atoms with van der Waals surface area (Å²) in [5.74, 6) is 0.711. The molecule has 1 aromatic heterocycles. The molecule has 2 aliphatic heterocycles. The summed E-state index contributed by atoms with van der Waals surface area (Å²) in [6.45, 7) is 3.87. The third kappa shape index (κ3) is 3.99. The van der Waals surface area contributed by atoms with E-state index in [2.05, 4.69) is 27.6 Å². The molecule has 0 N–H and O–H groups in total. The van der Waals surface area contributed by atoms with Crippen molar-refractivity contribution in [2.75, 3.05) is 13.4 Å². The fourth-order valence-corrected chi connectivity index (χ4v) is 5.31. The zero-order chi connectivity index (χ0) is 23.1. The van der Waals surface area contributed by atoms with Gasteiger partial charge in [-0.3, -0.25) is 9.36 Å². The Balaban J connectivity index is 1.72. The number of hydrogen-bond acceptors (Lipinski definition) is 7. The number of nitrogens with zero attached hydrogens (tertiary/aromatic N) is 2. The quantitative estimate of drug-likeness (QED) is 0.354. The van der Waals surface area contributed by atoms with Gasteiger partial charge in [-0.05, 0) is 77.9 Å². The maximum atomic E-state index is 13.6. The van der Waals surface area contributed by atoms with Crippen LogP contribution in [0.25, 0.3) is 6.08 Å². The van der Waals surface area contributed by atoms with Crippen LogP contribution < -0.4 is 24.4 Å². The Bertz CT molecular complexity index is 1470. The van der Waals surface area contributed by atoms with E-state index in [9.17, 15) is 9.59 Å². The summed E-state index contributed by atoms with van der Waals surface area (Å²) in [6, 6.07) is 12.7. The van der Waals surface area contributed by atoms with Gasteiger partial charge in [0.15, 0.2) is 16.3 Å². The molecule has 0 saturated heterocycles. The van der Waals surface area contributed by atoms with Crippen LogP contribution in [0.2, 0.25) is 0 Å². The zero-order valence-corrected chi connectivity index (χ0v) is 20.8. The summed E-state index contributed by atoms with van der Waals surface area (Å²) in [5.41, 5.74) is 2.29. The van der Waals surface area contributed by atoms with Crippen molar-refractivity contribution in [3.8, 4) is 11.5 Å². The first-order valence-electron chi connectivity index (χ1n) is 10.3. The summed E-state index contributed by atoms with van der Waals surface area (Å²) >= 11 is 3.54. The number of ether oxygens (including phenoxy) is 3. The van der Waals surface area contributed by atoms with E-state index in [1.54, 1.807) is 30.5 Å². The van der Waals surface area contributed by atoms with Crippen LogP contribution in [0.4, 0.5) is 0 Å². The first-order valence-corrected chi connectivity index (χ1v) is 12.2. The average molecular weight is 574 g/mol. The van der Waals surface area contributed by atoms with Gasteiger partial charge in [-0.2, -0.15) is 0 Å².